The third kappa shape index (κ3) is 6.02. The minimum absolute atomic E-state index is 0.722. The van der Waals surface area contributed by atoms with Gasteiger partial charge in [0, 0.05) is 6.61 Å². The molecule has 0 saturated carbocycles. The van der Waals surface area contributed by atoms with Crippen LogP contribution in [0.2, 0.25) is 0 Å². The summed E-state index contributed by atoms with van der Waals surface area (Å²) in [5, 5.41) is 0. The molecule has 0 heterocycles. The molecule has 0 unspecified atom stereocenters. The fourth-order valence-electron chi connectivity index (χ4n) is 1.90. The maximum atomic E-state index is 5.59. The van der Waals surface area contributed by atoms with E-state index in [1.165, 1.54) is 42.4 Å². The van der Waals surface area contributed by atoms with Crippen molar-refractivity contribution in [3.8, 4) is 0 Å². The van der Waals surface area contributed by atoms with Gasteiger partial charge >= 0.3 is 0 Å². The van der Waals surface area contributed by atoms with Crippen molar-refractivity contribution >= 4 is 6.08 Å². The number of rotatable bonds is 8. The first-order valence-corrected chi connectivity index (χ1v) is 7.05. The molecule has 0 aliphatic rings. The second kappa shape index (κ2) is 8.93. The summed E-state index contributed by atoms with van der Waals surface area (Å²) < 4.78 is 5.59. The van der Waals surface area contributed by atoms with Crippen LogP contribution >= 0.6 is 0 Å². The van der Waals surface area contributed by atoms with Gasteiger partial charge in [-0.2, -0.15) is 0 Å². The van der Waals surface area contributed by atoms with E-state index >= 15 is 0 Å². The van der Waals surface area contributed by atoms with E-state index in [1.54, 1.807) is 0 Å². The zero-order valence-corrected chi connectivity index (χ0v) is 12.0. The largest absolute Gasteiger partial charge is 0.377 e. The van der Waals surface area contributed by atoms with Gasteiger partial charge in [0.2, 0.25) is 0 Å². The molecule has 0 saturated heterocycles. The second-order valence-corrected chi connectivity index (χ2v) is 4.90. The van der Waals surface area contributed by atoms with Crippen LogP contribution in [-0.2, 0) is 4.74 Å². The van der Waals surface area contributed by atoms with Gasteiger partial charge in [-0.15, -0.1) is 0 Å². The molecule has 0 radical (unpaired) electrons. The fourth-order valence-corrected chi connectivity index (χ4v) is 1.90. The number of ether oxygens (including phenoxy) is 1. The van der Waals surface area contributed by atoms with Crippen molar-refractivity contribution < 1.29 is 4.74 Å². The highest BCUT2D eigenvalue weighted by Crippen LogP contribution is 2.12. The molecule has 0 fully saturated rings. The summed E-state index contributed by atoms with van der Waals surface area (Å²) in [4.78, 5) is 0. The molecule has 0 aromatic heterocycles. The van der Waals surface area contributed by atoms with E-state index in [1.807, 2.05) is 0 Å². The SMILES string of the molecule is CCCCCCOC/C=C/c1cc(C)ccc1C. The lowest BCUT2D eigenvalue weighted by atomic mass is 10.1. The Labute approximate surface area is 112 Å². The normalized spacial score (nSPS) is 11.3. The van der Waals surface area contributed by atoms with Crippen molar-refractivity contribution in [2.45, 2.75) is 46.5 Å². The lowest BCUT2D eigenvalue weighted by Gasteiger charge is -2.03. The molecule has 1 heteroatoms. The van der Waals surface area contributed by atoms with Crippen LogP contribution in [0.15, 0.2) is 24.3 Å². The summed E-state index contributed by atoms with van der Waals surface area (Å²) in [5.41, 5.74) is 3.92. The van der Waals surface area contributed by atoms with E-state index in [4.69, 9.17) is 4.74 Å². The molecule has 0 aliphatic carbocycles. The van der Waals surface area contributed by atoms with E-state index in [9.17, 15) is 0 Å². The van der Waals surface area contributed by atoms with Gasteiger partial charge in [-0.3, -0.25) is 0 Å². The van der Waals surface area contributed by atoms with Gasteiger partial charge < -0.3 is 4.74 Å². The summed E-state index contributed by atoms with van der Waals surface area (Å²) in [6.45, 7) is 8.11. The van der Waals surface area contributed by atoms with Crippen LogP contribution in [0.5, 0.6) is 0 Å². The number of hydrogen-bond acceptors (Lipinski definition) is 1. The van der Waals surface area contributed by atoms with E-state index < -0.39 is 0 Å². The quantitative estimate of drug-likeness (QED) is 0.592. The first-order valence-electron chi connectivity index (χ1n) is 7.05. The second-order valence-electron chi connectivity index (χ2n) is 4.90. The van der Waals surface area contributed by atoms with Gasteiger partial charge in [0.1, 0.15) is 0 Å². The van der Waals surface area contributed by atoms with Gasteiger partial charge in [-0.05, 0) is 31.4 Å². The number of hydrogen-bond donors (Lipinski definition) is 0. The highest BCUT2D eigenvalue weighted by Gasteiger charge is 1.93. The Morgan fingerprint density at radius 1 is 1.11 bits per heavy atom. The molecule has 0 spiro atoms. The van der Waals surface area contributed by atoms with Gasteiger partial charge in [-0.1, -0.05) is 62.1 Å². The molecule has 0 atom stereocenters. The maximum absolute atomic E-state index is 5.59. The van der Waals surface area contributed by atoms with E-state index in [-0.39, 0.29) is 0 Å². The van der Waals surface area contributed by atoms with Crippen molar-refractivity contribution in [2.24, 2.45) is 0 Å². The zero-order chi connectivity index (χ0) is 13.2. The first kappa shape index (κ1) is 15.0. The standard InChI is InChI=1S/C17H26O/c1-4-5-6-7-12-18-13-8-9-17-14-15(2)10-11-16(17)3/h8-11,14H,4-7,12-13H2,1-3H3/b9-8+. The Balaban J connectivity index is 2.22. The molecule has 0 amide bonds. The highest BCUT2D eigenvalue weighted by molar-refractivity contribution is 5.54. The van der Waals surface area contributed by atoms with Gasteiger partial charge in [-0.25, -0.2) is 0 Å². The zero-order valence-electron chi connectivity index (χ0n) is 12.0. The van der Waals surface area contributed by atoms with Gasteiger partial charge in [0.05, 0.1) is 6.61 Å². The van der Waals surface area contributed by atoms with E-state index in [2.05, 4.69) is 51.1 Å². The minimum atomic E-state index is 0.722. The smallest absolute Gasteiger partial charge is 0.0650 e. The monoisotopic (exact) mass is 246 g/mol. The van der Waals surface area contributed by atoms with Crippen LogP contribution in [0.25, 0.3) is 6.08 Å². The first-order chi connectivity index (χ1) is 8.74. The van der Waals surface area contributed by atoms with Gasteiger partial charge in [0.25, 0.3) is 0 Å². The third-order valence-electron chi connectivity index (χ3n) is 3.09. The summed E-state index contributed by atoms with van der Waals surface area (Å²) in [7, 11) is 0. The third-order valence-corrected chi connectivity index (χ3v) is 3.09. The van der Waals surface area contributed by atoms with Crippen LogP contribution in [0.1, 0.15) is 49.3 Å². The van der Waals surface area contributed by atoms with E-state index in [0.29, 0.717) is 0 Å². The maximum Gasteiger partial charge on any atom is 0.0650 e. The Bertz CT molecular complexity index is 366. The Morgan fingerprint density at radius 2 is 1.94 bits per heavy atom. The highest BCUT2D eigenvalue weighted by atomic mass is 16.5. The molecule has 0 aliphatic heterocycles. The lowest BCUT2D eigenvalue weighted by molar-refractivity contribution is 0.157. The molecule has 100 valence electrons. The predicted molar refractivity (Wildman–Crippen MR) is 79.9 cm³/mol. The lowest BCUT2D eigenvalue weighted by Crippen LogP contribution is -1.94. The number of aryl methyl sites for hydroxylation is 2. The average Bonchev–Trinajstić information content (AvgIpc) is 2.36. The van der Waals surface area contributed by atoms with E-state index in [0.717, 1.165) is 13.2 Å². The van der Waals surface area contributed by atoms with Crippen molar-refractivity contribution in [1.29, 1.82) is 0 Å². The van der Waals surface area contributed by atoms with Crippen molar-refractivity contribution in [3.63, 3.8) is 0 Å². The van der Waals surface area contributed by atoms with Crippen LogP contribution in [-0.4, -0.2) is 13.2 Å². The van der Waals surface area contributed by atoms with Crippen molar-refractivity contribution in [3.05, 3.63) is 41.0 Å². The molecule has 0 N–H and O–H groups in total. The molecule has 1 rings (SSSR count). The number of benzene rings is 1. The van der Waals surface area contributed by atoms with Crippen LogP contribution in [0, 0.1) is 13.8 Å². The molecule has 0 bridgehead atoms. The fraction of sp³-hybridized carbons (Fsp3) is 0.529. The number of unbranched alkanes of at least 4 members (excludes halogenated alkanes) is 3. The summed E-state index contributed by atoms with van der Waals surface area (Å²) in [5.74, 6) is 0. The molecule has 18 heavy (non-hydrogen) atoms. The summed E-state index contributed by atoms with van der Waals surface area (Å²) in [6, 6.07) is 6.53. The Morgan fingerprint density at radius 3 is 2.72 bits per heavy atom. The molecular formula is C17H26O. The topological polar surface area (TPSA) is 9.23 Å². The molecule has 1 aromatic carbocycles. The average molecular weight is 246 g/mol. The summed E-state index contributed by atoms with van der Waals surface area (Å²) >= 11 is 0. The van der Waals surface area contributed by atoms with Crippen molar-refractivity contribution in [2.75, 3.05) is 13.2 Å². The Hall–Kier alpha value is -1.08. The van der Waals surface area contributed by atoms with Crippen LogP contribution in [0.4, 0.5) is 0 Å². The minimum Gasteiger partial charge on any atom is -0.377 e. The summed E-state index contributed by atoms with van der Waals surface area (Å²) in [6.07, 6.45) is 9.35. The predicted octanol–water partition coefficient (Wildman–Crippen LogP) is 4.91. The molecule has 1 aromatic rings. The van der Waals surface area contributed by atoms with Gasteiger partial charge in [0.15, 0.2) is 0 Å². The van der Waals surface area contributed by atoms with Crippen LogP contribution in [0.3, 0.4) is 0 Å². The molecule has 1 nitrogen and oxygen atoms in total. The molecular weight excluding hydrogens is 220 g/mol. The Kier molecular flexibility index (Phi) is 7.43. The van der Waals surface area contributed by atoms with Crippen LogP contribution < -0.4 is 0 Å². The van der Waals surface area contributed by atoms with Crippen molar-refractivity contribution in [1.82, 2.24) is 0 Å².